The Labute approximate surface area is 340 Å². The van der Waals surface area contributed by atoms with Gasteiger partial charge in [0.15, 0.2) is 23.1 Å². The van der Waals surface area contributed by atoms with Crippen LogP contribution in [0.5, 0.6) is 0 Å². The van der Waals surface area contributed by atoms with E-state index >= 15 is 0 Å². The quantitative estimate of drug-likeness (QED) is 0.170. The highest BCUT2D eigenvalue weighted by Crippen LogP contribution is 2.64. The second-order valence-electron chi connectivity index (χ2n) is 17.4. The van der Waals surface area contributed by atoms with Gasteiger partial charge in [0.05, 0.1) is 29.6 Å². The summed E-state index contributed by atoms with van der Waals surface area (Å²) >= 11 is 0. The molecule has 2 heterocycles. The monoisotopic (exact) mass is 819 g/mol. The second-order valence-corrected chi connectivity index (χ2v) is 17.4. The Morgan fingerprint density at radius 1 is 0.915 bits per heavy atom. The normalized spacial score (nSPS) is 35.4. The van der Waals surface area contributed by atoms with Crippen LogP contribution in [0.4, 0.5) is 4.79 Å². The van der Waals surface area contributed by atoms with Crippen LogP contribution in [0.2, 0.25) is 0 Å². The lowest BCUT2D eigenvalue weighted by Gasteiger charge is -2.67. The molecule has 16 nitrogen and oxygen atoms in total. The summed E-state index contributed by atoms with van der Waals surface area (Å²) in [6.45, 7) is 9.42. The minimum absolute atomic E-state index is 0.0577. The van der Waals surface area contributed by atoms with Crippen molar-refractivity contribution in [3.05, 3.63) is 82.9 Å². The fourth-order valence-electron chi connectivity index (χ4n) is 10.2. The van der Waals surface area contributed by atoms with Gasteiger partial charge in [0.1, 0.15) is 36.1 Å². The van der Waals surface area contributed by atoms with Crippen LogP contribution in [0.3, 0.4) is 0 Å². The zero-order valence-electron chi connectivity index (χ0n) is 33.7. The Kier molecular flexibility index (Phi) is 10.2. The van der Waals surface area contributed by atoms with Crippen LogP contribution in [0.1, 0.15) is 83.3 Å². The molecule has 2 saturated heterocycles. The fraction of sp³-hybridized carbons (Fsp3) is 0.535. The largest absolute Gasteiger partial charge is 0.456 e. The summed E-state index contributed by atoms with van der Waals surface area (Å²) in [4.78, 5) is 83.4. The van der Waals surface area contributed by atoms with Crippen molar-refractivity contribution in [1.29, 1.82) is 0 Å². The van der Waals surface area contributed by atoms with Crippen LogP contribution in [-0.2, 0) is 42.9 Å². The summed E-state index contributed by atoms with van der Waals surface area (Å²) in [5.41, 5.74) is -9.27. The third kappa shape index (κ3) is 6.21. The van der Waals surface area contributed by atoms with Crippen molar-refractivity contribution in [2.24, 2.45) is 16.7 Å². The van der Waals surface area contributed by atoms with Gasteiger partial charge in [-0.15, -0.1) is 0 Å². The molecule has 0 aromatic heterocycles. The van der Waals surface area contributed by atoms with Gasteiger partial charge in [0.2, 0.25) is 0 Å². The van der Waals surface area contributed by atoms with E-state index in [9.17, 15) is 49.2 Å². The number of amides is 2. The van der Waals surface area contributed by atoms with Crippen molar-refractivity contribution in [2.75, 3.05) is 6.61 Å². The number of carbonyl (C=O) groups is 6. The average molecular weight is 820 g/mol. The molecular formula is C43H49NO15. The Hall–Kier alpha value is -5.00. The molecule has 2 bridgehead atoms. The van der Waals surface area contributed by atoms with Crippen LogP contribution in [0.25, 0.3) is 0 Å². The number of aliphatic hydroxyl groups excluding tert-OH is 3. The Morgan fingerprint density at radius 3 is 2.07 bits per heavy atom. The highest BCUT2D eigenvalue weighted by Gasteiger charge is 2.78. The van der Waals surface area contributed by atoms with Gasteiger partial charge in [-0.3, -0.25) is 14.4 Å². The average Bonchev–Trinajstić information content (AvgIpc) is 3.38. The fourth-order valence-corrected chi connectivity index (χ4v) is 10.2. The highest BCUT2D eigenvalue weighted by molar-refractivity contribution is 6.03. The number of hydrogen-bond acceptors (Lipinski definition) is 15. The van der Waals surface area contributed by atoms with Crippen molar-refractivity contribution in [3.8, 4) is 0 Å². The molecule has 2 amide bonds. The number of ketones is 1. The standard InChI is InChI=1S/C43H49NO15/c1-21-25(56-36(51)31(48)29(23-14-10-8-11-15-23)44-37(52)40(5,6)59-38(44)53)19-43(54)34(57-35(50)24-16-12-9-13-17-24)32-41(7,33(49)30(47)28(21)39(43,3)4)26(46)18-27-42(32,20-55-27)58-22(2)45/h8-17,25-27,29-32,34,46-48,54H,18-20H2,1-7H3/t25-,26-,27+,29-,30+,31+,32-,34-,41+,42-,43+/m1/s1. The van der Waals surface area contributed by atoms with E-state index in [-0.39, 0.29) is 35.3 Å². The molecule has 0 unspecified atom stereocenters. The SMILES string of the molecule is CC(=O)O[C@]12CO[C@H]1C[C@@H](O)[C@]1(C)C(=O)[C@@H](O)C3=C(C)[C@H](OC(=O)[C@@H](O)[C@@H](c4ccccc4)N4C(=O)OC(C)(C)C4=O)C[C@](O)([C@H](OC(=O)c4ccccc4)[C@@H]21)C3(C)C. The lowest BCUT2D eigenvalue weighted by Crippen LogP contribution is -2.81. The van der Waals surface area contributed by atoms with Crippen molar-refractivity contribution < 1.29 is 72.9 Å². The van der Waals surface area contributed by atoms with Crippen LogP contribution in [0.15, 0.2) is 71.8 Å². The van der Waals surface area contributed by atoms with E-state index in [0.29, 0.717) is 4.90 Å². The molecule has 2 aliphatic heterocycles. The molecule has 16 heteroatoms. The predicted molar refractivity (Wildman–Crippen MR) is 202 cm³/mol. The molecule has 59 heavy (non-hydrogen) atoms. The minimum Gasteiger partial charge on any atom is -0.456 e. The van der Waals surface area contributed by atoms with E-state index in [1.54, 1.807) is 36.4 Å². The maximum absolute atomic E-state index is 15.0. The molecule has 316 valence electrons. The number of carbonyl (C=O) groups excluding carboxylic acids is 6. The van der Waals surface area contributed by atoms with Crippen LogP contribution >= 0.6 is 0 Å². The lowest BCUT2D eigenvalue weighted by atomic mass is 9.44. The van der Waals surface area contributed by atoms with E-state index in [1.165, 1.54) is 65.8 Å². The third-order valence-corrected chi connectivity index (χ3v) is 13.4. The number of rotatable bonds is 8. The smallest absolute Gasteiger partial charge is 0.418 e. The van der Waals surface area contributed by atoms with Gasteiger partial charge in [-0.25, -0.2) is 19.3 Å². The number of nitrogens with zero attached hydrogens (tertiary/aromatic N) is 1. The van der Waals surface area contributed by atoms with E-state index < -0.39 is 118 Å². The molecule has 5 aliphatic rings. The Balaban J connectivity index is 1.37. The summed E-state index contributed by atoms with van der Waals surface area (Å²) in [5, 5.41) is 49.3. The summed E-state index contributed by atoms with van der Waals surface area (Å²) < 4.78 is 29.4. The summed E-state index contributed by atoms with van der Waals surface area (Å²) in [6, 6.07) is 13.9. The highest BCUT2D eigenvalue weighted by atomic mass is 16.6. The first-order chi connectivity index (χ1) is 27.5. The molecule has 3 aliphatic carbocycles. The zero-order valence-corrected chi connectivity index (χ0v) is 33.7. The van der Waals surface area contributed by atoms with Gasteiger partial charge in [0, 0.05) is 25.2 Å². The first-order valence-corrected chi connectivity index (χ1v) is 19.5. The van der Waals surface area contributed by atoms with E-state index in [0.717, 1.165) is 6.92 Å². The number of fused-ring (bicyclic) bond motifs is 5. The van der Waals surface area contributed by atoms with Crippen molar-refractivity contribution >= 4 is 35.7 Å². The Morgan fingerprint density at radius 2 is 1.53 bits per heavy atom. The van der Waals surface area contributed by atoms with E-state index in [1.807, 2.05) is 0 Å². The number of Topliss-reactive ketones (excluding diaryl/α,β-unsaturated/α-hetero) is 1. The molecule has 11 atom stereocenters. The van der Waals surface area contributed by atoms with Crippen LogP contribution in [0, 0.1) is 16.7 Å². The molecule has 4 N–H and O–H groups in total. The van der Waals surface area contributed by atoms with Crippen LogP contribution in [-0.4, -0.2) is 121 Å². The number of esters is 3. The van der Waals surface area contributed by atoms with E-state index in [2.05, 4.69) is 0 Å². The summed E-state index contributed by atoms with van der Waals surface area (Å²) in [7, 11) is 0. The summed E-state index contributed by atoms with van der Waals surface area (Å²) in [6.07, 6.45) is -12.1. The number of aliphatic hydroxyl groups is 4. The number of ether oxygens (including phenoxy) is 5. The van der Waals surface area contributed by atoms with Gasteiger partial charge in [-0.2, -0.15) is 0 Å². The first kappa shape index (κ1) is 42.1. The van der Waals surface area contributed by atoms with Gasteiger partial charge in [0.25, 0.3) is 5.91 Å². The first-order valence-electron chi connectivity index (χ1n) is 19.5. The summed E-state index contributed by atoms with van der Waals surface area (Å²) in [5.74, 6) is -6.42. The van der Waals surface area contributed by atoms with Gasteiger partial charge < -0.3 is 44.1 Å². The molecule has 4 fully saturated rings. The maximum atomic E-state index is 15.0. The number of imide groups is 1. The second kappa shape index (κ2) is 14.3. The molecular weight excluding hydrogens is 770 g/mol. The van der Waals surface area contributed by atoms with Crippen molar-refractivity contribution in [1.82, 2.24) is 4.90 Å². The topological polar surface area (TPSA) is 233 Å². The predicted octanol–water partition coefficient (Wildman–Crippen LogP) is 2.49. The number of hydrogen-bond donors (Lipinski definition) is 4. The van der Waals surface area contributed by atoms with Gasteiger partial charge in [-0.05, 0) is 56.5 Å². The molecule has 7 rings (SSSR count). The molecule has 2 aromatic rings. The van der Waals surface area contributed by atoms with Crippen molar-refractivity contribution in [2.45, 2.75) is 121 Å². The number of benzene rings is 2. The number of cyclic esters (lactones) is 1. The molecule has 0 spiro atoms. The molecule has 2 saturated carbocycles. The van der Waals surface area contributed by atoms with Crippen molar-refractivity contribution in [3.63, 3.8) is 0 Å². The van der Waals surface area contributed by atoms with Crippen LogP contribution < -0.4 is 0 Å². The Bertz CT molecular complexity index is 2120. The zero-order chi connectivity index (χ0) is 43.2. The molecule has 2 aromatic carbocycles. The molecule has 0 radical (unpaired) electrons. The third-order valence-electron chi connectivity index (χ3n) is 13.4. The lowest BCUT2D eigenvalue weighted by molar-refractivity contribution is -0.346. The van der Waals surface area contributed by atoms with Gasteiger partial charge in [-0.1, -0.05) is 62.4 Å². The minimum atomic E-state index is -2.41. The maximum Gasteiger partial charge on any atom is 0.418 e. The van der Waals surface area contributed by atoms with Gasteiger partial charge >= 0.3 is 24.0 Å². The van der Waals surface area contributed by atoms with E-state index in [4.69, 9.17) is 23.7 Å².